The van der Waals surface area contributed by atoms with Crippen LogP contribution in [0.5, 0.6) is 0 Å². The second kappa shape index (κ2) is 6.14. The van der Waals surface area contributed by atoms with E-state index in [-0.39, 0.29) is 22.7 Å². The number of nitro benzene ring substituents is 1. The van der Waals surface area contributed by atoms with Crippen LogP contribution in [0.1, 0.15) is 22.8 Å². The zero-order chi connectivity index (χ0) is 15.4. The van der Waals surface area contributed by atoms with Crippen molar-refractivity contribution < 1.29 is 19.2 Å². The van der Waals surface area contributed by atoms with Gasteiger partial charge in [-0.15, -0.1) is 0 Å². The molecule has 0 aliphatic carbocycles. The van der Waals surface area contributed by atoms with E-state index in [0.717, 1.165) is 0 Å². The van der Waals surface area contributed by atoms with Gasteiger partial charge in [-0.2, -0.15) is 0 Å². The van der Waals surface area contributed by atoms with Crippen molar-refractivity contribution in [3.8, 4) is 0 Å². The SMILES string of the molecule is Cc1c(C(=O)O[C@@H](C)C(=O)N(C)C)cccc1[N+](=O)[O-]. The van der Waals surface area contributed by atoms with E-state index < -0.39 is 17.0 Å². The third-order valence-corrected chi connectivity index (χ3v) is 2.79. The summed E-state index contributed by atoms with van der Waals surface area (Å²) in [4.78, 5) is 35.1. The molecular formula is C13H16N2O5. The predicted octanol–water partition coefficient (Wildman–Crippen LogP) is 1.54. The fourth-order valence-electron chi connectivity index (χ4n) is 1.68. The van der Waals surface area contributed by atoms with Crippen molar-refractivity contribution in [2.45, 2.75) is 20.0 Å². The third kappa shape index (κ3) is 3.31. The van der Waals surface area contributed by atoms with Crippen molar-refractivity contribution in [3.63, 3.8) is 0 Å². The number of carbonyl (C=O) groups excluding carboxylic acids is 2. The first-order valence-electron chi connectivity index (χ1n) is 5.91. The number of nitro groups is 1. The maximum absolute atomic E-state index is 12.0. The monoisotopic (exact) mass is 280 g/mol. The highest BCUT2D eigenvalue weighted by Gasteiger charge is 2.23. The van der Waals surface area contributed by atoms with Gasteiger partial charge in [0.1, 0.15) is 0 Å². The lowest BCUT2D eigenvalue weighted by Gasteiger charge is -2.17. The first-order valence-corrected chi connectivity index (χ1v) is 5.91. The Kier molecular flexibility index (Phi) is 4.79. The van der Waals surface area contributed by atoms with Crippen LogP contribution in [0, 0.1) is 17.0 Å². The standard InChI is InChI=1S/C13H16N2O5/c1-8-10(6-5-7-11(8)15(18)19)13(17)20-9(2)12(16)14(3)4/h5-7,9H,1-4H3/t9-/m0/s1. The number of hydrogen-bond acceptors (Lipinski definition) is 5. The topological polar surface area (TPSA) is 89.8 Å². The molecule has 1 aromatic carbocycles. The van der Waals surface area contributed by atoms with Crippen molar-refractivity contribution in [3.05, 3.63) is 39.4 Å². The summed E-state index contributed by atoms with van der Waals surface area (Å²) < 4.78 is 5.02. The van der Waals surface area contributed by atoms with Crippen molar-refractivity contribution >= 4 is 17.6 Å². The molecule has 0 heterocycles. The highest BCUT2D eigenvalue weighted by molar-refractivity contribution is 5.94. The first kappa shape index (κ1) is 15.6. The van der Waals surface area contributed by atoms with Crippen LogP contribution in [0.4, 0.5) is 5.69 Å². The summed E-state index contributed by atoms with van der Waals surface area (Å²) in [5, 5.41) is 10.8. The Hall–Kier alpha value is -2.44. The van der Waals surface area contributed by atoms with Gasteiger partial charge in [0.05, 0.1) is 10.5 Å². The van der Waals surface area contributed by atoms with Crippen molar-refractivity contribution in [2.75, 3.05) is 14.1 Å². The summed E-state index contributed by atoms with van der Waals surface area (Å²) in [6.45, 7) is 2.92. The lowest BCUT2D eigenvalue weighted by Crippen LogP contribution is -2.35. The average Bonchev–Trinajstić information content (AvgIpc) is 2.37. The van der Waals surface area contributed by atoms with E-state index in [2.05, 4.69) is 0 Å². The fourth-order valence-corrected chi connectivity index (χ4v) is 1.68. The van der Waals surface area contributed by atoms with E-state index in [4.69, 9.17) is 4.74 Å². The lowest BCUT2D eigenvalue weighted by molar-refractivity contribution is -0.385. The molecule has 0 saturated heterocycles. The van der Waals surface area contributed by atoms with Gasteiger partial charge >= 0.3 is 5.97 Å². The van der Waals surface area contributed by atoms with Gasteiger partial charge in [0.25, 0.3) is 11.6 Å². The summed E-state index contributed by atoms with van der Waals surface area (Å²) in [7, 11) is 3.09. The van der Waals surface area contributed by atoms with Gasteiger partial charge in [0.2, 0.25) is 0 Å². The largest absolute Gasteiger partial charge is 0.449 e. The molecule has 0 aromatic heterocycles. The number of hydrogen-bond donors (Lipinski definition) is 0. The van der Waals surface area contributed by atoms with Crippen molar-refractivity contribution in [1.82, 2.24) is 4.90 Å². The molecule has 1 amide bonds. The Bertz CT molecular complexity index is 554. The molecule has 0 N–H and O–H groups in total. The number of rotatable bonds is 4. The smallest absolute Gasteiger partial charge is 0.339 e. The number of amides is 1. The molecule has 7 nitrogen and oxygen atoms in total. The Morgan fingerprint density at radius 3 is 2.45 bits per heavy atom. The zero-order valence-electron chi connectivity index (χ0n) is 11.7. The highest BCUT2D eigenvalue weighted by Crippen LogP contribution is 2.22. The quantitative estimate of drug-likeness (QED) is 0.474. The summed E-state index contributed by atoms with van der Waals surface area (Å²) in [5.41, 5.74) is 0.135. The van der Waals surface area contributed by atoms with Crippen LogP contribution in [0.25, 0.3) is 0 Å². The van der Waals surface area contributed by atoms with Crippen LogP contribution in [0.3, 0.4) is 0 Å². The van der Waals surface area contributed by atoms with E-state index in [0.29, 0.717) is 0 Å². The molecule has 0 unspecified atom stereocenters. The van der Waals surface area contributed by atoms with Gasteiger partial charge in [-0.3, -0.25) is 14.9 Å². The zero-order valence-corrected chi connectivity index (χ0v) is 11.7. The van der Waals surface area contributed by atoms with Gasteiger partial charge in [-0.05, 0) is 19.9 Å². The van der Waals surface area contributed by atoms with Crippen LogP contribution in [0.2, 0.25) is 0 Å². The average molecular weight is 280 g/mol. The minimum Gasteiger partial charge on any atom is -0.449 e. The van der Waals surface area contributed by atoms with Crippen LogP contribution in [-0.2, 0) is 9.53 Å². The van der Waals surface area contributed by atoms with Crippen molar-refractivity contribution in [2.24, 2.45) is 0 Å². The minimum absolute atomic E-state index is 0.0811. The van der Waals surface area contributed by atoms with E-state index in [1.54, 1.807) is 14.1 Å². The minimum atomic E-state index is -0.948. The lowest BCUT2D eigenvalue weighted by atomic mass is 10.1. The van der Waals surface area contributed by atoms with Crippen LogP contribution < -0.4 is 0 Å². The Morgan fingerprint density at radius 2 is 1.95 bits per heavy atom. The normalized spacial score (nSPS) is 11.6. The second-order valence-corrected chi connectivity index (χ2v) is 4.49. The second-order valence-electron chi connectivity index (χ2n) is 4.49. The number of ether oxygens (including phenoxy) is 1. The molecule has 0 aliphatic rings. The maximum Gasteiger partial charge on any atom is 0.339 e. The van der Waals surface area contributed by atoms with Gasteiger partial charge in [0, 0.05) is 25.7 Å². The number of likely N-dealkylation sites (N-methyl/N-ethyl adjacent to an activating group) is 1. The Morgan fingerprint density at radius 1 is 1.35 bits per heavy atom. The van der Waals surface area contributed by atoms with E-state index in [1.165, 1.54) is 36.9 Å². The molecule has 20 heavy (non-hydrogen) atoms. The number of nitrogens with zero attached hydrogens (tertiary/aromatic N) is 2. The van der Waals surface area contributed by atoms with Crippen LogP contribution >= 0.6 is 0 Å². The molecule has 1 rings (SSSR count). The molecule has 0 spiro atoms. The van der Waals surface area contributed by atoms with E-state index in [1.807, 2.05) is 0 Å². The molecule has 0 fully saturated rings. The molecular weight excluding hydrogens is 264 g/mol. The highest BCUT2D eigenvalue weighted by atomic mass is 16.6. The van der Waals surface area contributed by atoms with Gasteiger partial charge < -0.3 is 9.64 Å². The Labute approximate surface area is 116 Å². The van der Waals surface area contributed by atoms with Gasteiger partial charge in [0.15, 0.2) is 6.10 Å². The molecule has 1 aromatic rings. The number of carbonyl (C=O) groups is 2. The predicted molar refractivity (Wildman–Crippen MR) is 71.4 cm³/mol. The number of esters is 1. The van der Waals surface area contributed by atoms with Crippen LogP contribution in [-0.4, -0.2) is 41.9 Å². The summed E-state index contributed by atoms with van der Waals surface area (Å²) in [6, 6.07) is 4.14. The number of benzene rings is 1. The molecule has 108 valence electrons. The molecule has 0 saturated carbocycles. The van der Waals surface area contributed by atoms with Crippen molar-refractivity contribution in [1.29, 1.82) is 0 Å². The summed E-state index contributed by atoms with van der Waals surface area (Å²) >= 11 is 0. The van der Waals surface area contributed by atoms with Crippen LogP contribution in [0.15, 0.2) is 18.2 Å². The molecule has 0 bridgehead atoms. The Balaban J connectivity index is 2.97. The van der Waals surface area contributed by atoms with E-state index >= 15 is 0 Å². The third-order valence-electron chi connectivity index (χ3n) is 2.79. The summed E-state index contributed by atoms with van der Waals surface area (Å²) in [6.07, 6.45) is -0.948. The van der Waals surface area contributed by atoms with E-state index in [9.17, 15) is 19.7 Å². The molecule has 1 atom stereocenters. The maximum atomic E-state index is 12.0. The fraction of sp³-hybridized carbons (Fsp3) is 0.385. The molecule has 0 aliphatic heterocycles. The first-order chi connectivity index (χ1) is 9.25. The molecule has 0 radical (unpaired) electrons. The van der Waals surface area contributed by atoms with Gasteiger partial charge in [-0.25, -0.2) is 4.79 Å². The summed E-state index contributed by atoms with van der Waals surface area (Å²) in [5.74, 6) is -1.12. The molecule has 7 heteroatoms. The van der Waals surface area contributed by atoms with Gasteiger partial charge in [-0.1, -0.05) is 6.07 Å².